The number of nitrogens with one attached hydrogen (secondary N) is 1. The number of nitriles is 1. The molecule has 0 saturated carbocycles. The Kier molecular flexibility index (Phi) is 5.76. The summed E-state index contributed by atoms with van der Waals surface area (Å²) in [7, 11) is 1.53. The van der Waals surface area contributed by atoms with Gasteiger partial charge in [0.1, 0.15) is 23.5 Å². The second kappa shape index (κ2) is 7.34. The van der Waals surface area contributed by atoms with E-state index in [9.17, 15) is 9.18 Å². The first-order valence-electron chi connectivity index (χ1n) is 5.77. The second-order valence-corrected chi connectivity index (χ2v) is 3.94. The molecular weight excluding hydrogens is 251 g/mol. The molecule has 0 heterocycles. The lowest BCUT2D eigenvalue weighted by molar-refractivity contribution is -0.138. The van der Waals surface area contributed by atoms with Crippen molar-refractivity contribution in [2.24, 2.45) is 0 Å². The summed E-state index contributed by atoms with van der Waals surface area (Å²) in [5, 5.41) is 20.6. The summed E-state index contributed by atoms with van der Waals surface area (Å²) in [6, 6.07) is 4.90. The Morgan fingerprint density at radius 2 is 2.37 bits per heavy atom. The highest BCUT2D eigenvalue weighted by Crippen LogP contribution is 2.19. The highest BCUT2D eigenvalue weighted by molar-refractivity contribution is 5.78. The lowest BCUT2D eigenvalue weighted by atomic mass is 10.1. The van der Waals surface area contributed by atoms with Crippen molar-refractivity contribution in [3.8, 4) is 6.07 Å². The quantitative estimate of drug-likeness (QED) is 0.737. The van der Waals surface area contributed by atoms with Crippen LogP contribution in [0.1, 0.15) is 18.4 Å². The number of carboxylic acids is 1. The van der Waals surface area contributed by atoms with Gasteiger partial charge in [-0.3, -0.25) is 0 Å². The van der Waals surface area contributed by atoms with Crippen LogP contribution in [0.15, 0.2) is 18.2 Å². The van der Waals surface area contributed by atoms with Gasteiger partial charge in [0.2, 0.25) is 0 Å². The standard InChI is InChI=1S/C13H15FN2O3/c1-19-7-3-6-12(13(17)18)16-11-5-2-4-10(14)9(11)8-15/h2,4-5,12,16H,3,6-7H2,1H3,(H,17,18). The van der Waals surface area contributed by atoms with Crippen molar-refractivity contribution < 1.29 is 19.0 Å². The minimum absolute atomic E-state index is 0.180. The number of nitrogens with zero attached hydrogens (tertiary/aromatic N) is 1. The fourth-order valence-corrected chi connectivity index (χ4v) is 1.63. The highest BCUT2D eigenvalue weighted by atomic mass is 19.1. The molecule has 0 aliphatic rings. The van der Waals surface area contributed by atoms with Gasteiger partial charge in [0.25, 0.3) is 0 Å². The molecule has 1 rings (SSSR count). The number of rotatable bonds is 7. The average molecular weight is 266 g/mol. The summed E-state index contributed by atoms with van der Waals surface area (Å²) in [5.41, 5.74) is 0.00723. The Hall–Kier alpha value is -2.13. The summed E-state index contributed by atoms with van der Waals surface area (Å²) in [6.07, 6.45) is 0.877. The molecule has 6 heteroatoms. The first kappa shape index (κ1) is 14.9. The van der Waals surface area contributed by atoms with Crippen molar-refractivity contribution in [1.82, 2.24) is 0 Å². The molecule has 0 saturated heterocycles. The Labute approximate surface area is 110 Å². The fourth-order valence-electron chi connectivity index (χ4n) is 1.63. The van der Waals surface area contributed by atoms with Crippen molar-refractivity contribution in [1.29, 1.82) is 5.26 Å². The molecule has 0 aliphatic carbocycles. The SMILES string of the molecule is COCCCC(Nc1cccc(F)c1C#N)C(=O)O. The van der Waals surface area contributed by atoms with Crippen molar-refractivity contribution in [3.63, 3.8) is 0 Å². The summed E-state index contributed by atoms with van der Waals surface area (Å²) in [5.74, 6) is -1.72. The Morgan fingerprint density at radius 3 is 2.95 bits per heavy atom. The first-order chi connectivity index (χ1) is 9.10. The largest absolute Gasteiger partial charge is 0.480 e. The number of carbonyl (C=O) groups is 1. The number of hydrogen-bond donors (Lipinski definition) is 2. The van der Waals surface area contributed by atoms with Gasteiger partial charge in [-0.1, -0.05) is 6.07 Å². The van der Waals surface area contributed by atoms with Crippen LogP contribution in [0.4, 0.5) is 10.1 Å². The maximum atomic E-state index is 13.4. The van der Waals surface area contributed by atoms with Crippen molar-refractivity contribution in [2.45, 2.75) is 18.9 Å². The van der Waals surface area contributed by atoms with Crippen molar-refractivity contribution in [2.75, 3.05) is 19.0 Å². The molecule has 0 radical (unpaired) electrons. The van der Waals surface area contributed by atoms with Crippen LogP contribution in [0.3, 0.4) is 0 Å². The van der Waals surface area contributed by atoms with Crippen LogP contribution in [0.5, 0.6) is 0 Å². The Balaban J connectivity index is 2.82. The van der Waals surface area contributed by atoms with Crippen LogP contribution in [0.25, 0.3) is 0 Å². The van der Waals surface area contributed by atoms with Crippen LogP contribution in [-0.2, 0) is 9.53 Å². The number of hydrogen-bond acceptors (Lipinski definition) is 4. The number of carboxylic acid groups (broad SMARTS) is 1. The molecule has 0 amide bonds. The lowest BCUT2D eigenvalue weighted by Gasteiger charge is -2.16. The number of ether oxygens (including phenoxy) is 1. The molecule has 0 aromatic heterocycles. The van der Waals surface area contributed by atoms with Crippen molar-refractivity contribution in [3.05, 3.63) is 29.6 Å². The molecule has 1 unspecified atom stereocenters. The number of aliphatic carboxylic acids is 1. The monoisotopic (exact) mass is 266 g/mol. The zero-order chi connectivity index (χ0) is 14.3. The third kappa shape index (κ3) is 4.23. The van der Waals surface area contributed by atoms with Gasteiger partial charge in [0.05, 0.1) is 5.69 Å². The zero-order valence-electron chi connectivity index (χ0n) is 10.5. The third-order valence-corrected chi connectivity index (χ3v) is 2.59. The van der Waals surface area contributed by atoms with Gasteiger partial charge in [-0.25, -0.2) is 9.18 Å². The van der Waals surface area contributed by atoms with E-state index in [0.717, 1.165) is 6.07 Å². The Bertz CT molecular complexity index is 485. The predicted octanol–water partition coefficient (Wildman–Crippen LogP) is 1.99. The molecule has 1 aromatic rings. The van der Waals surface area contributed by atoms with Crippen LogP contribution in [0, 0.1) is 17.1 Å². The zero-order valence-corrected chi connectivity index (χ0v) is 10.5. The first-order valence-corrected chi connectivity index (χ1v) is 5.77. The Morgan fingerprint density at radius 1 is 1.63 bits per heavy atom. The van der Waals surface area contributed by atoms with Gasteiger partial charge in [-0.15, -0.1) is 0 Å². The molecular formula is C13H15FN2O3. The van der Waals surface area contributed by atoms with Crippen LogP contribution in [-0.4, -0.2) is 30.8 Å². The summed E-state index contributed by atoms with van der Waals surface area (Å²) < 4.78 is 18.2. The number of methoxy groups -OCH3 is 1. The molecule has 19 heavy (non-hydrogen) atoms. The molecule has 0 aliphatic heterocycles. The van der Waals surface area contributed by atoms with E-state index >= 15 is 0 Å². The van der Waals surface area contributed by atoms with Gasteiger partial charge in [0.15, 0.2) is 0 Å². The molecule has 1 atom stereocenters. The molecule has 5 nitrogen and oxygen atoms in total. The van der Waals surface area contributed by atoms with E-state index in [1.807, 2.05) is 0 Å². The molecule has 2 N–H and O–H groups in total. The fraction of sp³-hybridized carbons (Fsp3) is 0.385. The lowest BCUT2D eigenvalue weighted by Crippen LogP contribution is -2.30. The molecule has 0 spiro atoms. The van der Waals surface area contributed by atoms with Gasteiger partial charge >= 0.3 is 5.97 Å². The smallest absolute Gasteiger partial charge is 0.326 e. The highest BCUT2D eigenvalue weighted by Gasteiger charge is 2.19. The summed E-state index contributed by atoms with van der Waals surface area (Å²) in [6.45, 7) is 0.444. The molecule has 102 valence electrons. The maximum absolute atomic E-state index is 13.4. The third-order valence-electron chi connectivity index (χ3n) is 2.59. The second-order valence-electron chi connectivity index (χ2n) is 3.94. The minimum atomic E-state index is -1.05. The van der Waals surface area contributed by atoms with Crippen LogP contribution >= 0.6 is 0 Å². The molecule has 0 fully saturated rings. The van der Waals surface area contributed by atoms with Gasteiger partial charge in [0, 0.05) is 13.7 Å². The van der Waals surface area contributed by atoms with E-state index in [0.29, 0.717) is 19.4 Å². The van der Waals surface area contributed by atoms with E-state index < -0.39 is 17.8 Å². The van der Waals surface area contributed by atoms with Gasteiger partial charge < -0.3 is 15.2 Å². The van der Waals surface area contributed by atoms with Gasteiger partial charge in [-0.05, 0) is 25.0 Å². The molecule has 1 aromatic carbocycles. The van der Waals surface area contributed by atoms with E-state index in [4.69, 9.17) is 15.1 Å². The predicted molar refractivity (Wildman–Crippen MR) is 67.3 cm³/mol. The van der Waals surface area contributed by atoms with E-state index in [1.54, 1.807) is 6.07 Å². The summed E-state index contributed by atoms with van der Waals surface area (Å²) in [4.78, 5) is 11.1. The molecule has 0 bridgehead atoms. The number of halogens is 1. The maximum Gasteiger partial charge on any atom is 0.326 e. The van der Waals surface area contributed by atoms with Crippen molar-refractivity contribution >= 4 is 11.7 Å². The average Bonchev–Trinajstić information content (AvgIpc) is 2.37. The van der Waals surface area contributed by atoms with Gasteiger partial charge in [-0.2, -0.15) is 5.26 Å². The van der Waals surface area contributed by atoms with E-state index in [2.05, 4.69) is 5.32 Å². The van der Waals surface area contributed by atoms with E-state index in [1.165, 1.54) is 19.2 Å². The minimum Gasteiger partial charge on any atom is -0.480 e. The van der Waals surface area contributed by atoms with Crippen LogP contribution in [0.2, 0.25) is 0 Å². The van der Waals surface area contributed by atoms with Crippen LogP contribution < -0.4 is 5.32 Å². The number of anilines is 1. The topological polar surface area (TPSA) is 82.3 Å². The van der Waals surface area contributed by atoms with E-state index in [-0.39, 0.29) is 11.3 Å². The summed E-state index contributed by atoms with van der Waals surface area (Å²) >= 11 is 0. The number of benzene rings is 1. The normalized spacial score (nSPS) is 11.6.